The van der Waals surface area contributed by atoms with Gasteiger partial charge in [0.2, 0.25) is 5.69 Å². The summed E-state index contributed by atoms with van der Waals surface area (Å²) in [6, 6.07) is 10.7. The van der Waals surface area contributed by atoms with E-state index in [-0.39, 0.29) is 0 Å². The van der Waals surface area contributed by atoms with Crippen molar-refractivity contribution in [2.24, 2.45) is 0 Å². The van der Waals surface area contributed by atoms with Crippen molar-refractivity contribution in [3.8, 4) is 11.8 Å². The standard InChI is InChI=1S/C25H27N7S/c1-4-21-22(16-26)25(29-24(23(21)27-2)31-12-5-11-30(3)14-15-31)33-17-19-6-8-20(9-7-19)32-13-10-28-18-32/h6-10,13,18H,4-5,11-12,14-15,17H2,1,3H3. The van der Waals surface area contributed by atoms with Gasteiger partial charge in [-0.2, -0.15) is 5.26 Å². The third-order valence-corrected chi connectivity index (χ3v) is 6.98. The predicted molar refractivity (Wildman–Crippen MR) is 132 cm³/mol. The quantitative estimate of drug-likeness (QED) is 0.395. The number of pyridine rings is 1. The van der Waals surface area contributed by atoms with Crippen LogP contribution in [-0.4, -0.2) is 52.7 Å². The van der Waals surface area contributed by atoms with E-state index in [2.05, 4.69) is 57.0 Å². The van der Waals surface area contributed by atoms with Crippen molar-refractivity contribution < 1.29 is 0 Å². The summed E-state index contributed by atoms with van der Waals surface area (Å²) in [7, 11) is 2.13. The van der Waals surface area contributed by atoms with Crippen LogP contribution in [0.2, 0.25) is 0 Å². The van der Waals surface area contributed by atoms with Crippen molar-refractivity contribution in [1.29, 1.82) is 5.26 Å². The van der Waals surface area contributed by atoms with E-state index in [0.29, 0.717) is 28.5 Å². The largest absolute Gasteiger partial charge is 0.364 e. The Labute approximate surface area is 199 Å². The molecule has 0 saturated carbocycles. The number of likely N-dealkylation sites (N-methyl/N-ethyl adjacent to an activating group) is 1. The third kappa shape index (κ3) is 5.03. The Morgan fingerprint density at radius 1 is 1.18 bits per heavy atom. The van der Waals surface area contributed by atoms with Gasteiger partial charge in [-0.05, 0) is 49.7 Å². The Morgan fingerprint density at radius 2 is 2.00 bits per heavy atom. The van der Waals surface area contributed by atoms with Crippen LogP contribution in [0, 0.1) is 17.9 Å². The molecule has 2 aromatic heterocycles. The number of nitriles is 1. The molecule has 1 aromatic carbocycles. The molecule has 4 rings (SSSR count). The maximum atomic E-state index is 9.94. The Bertz CT molecular complexity index is 1170. The summed E-state index contributed by atoms with van der Waals surface area (Å²) in [6.07, 6.45) is 7.12. The molecule has 168 valence electrons. The third-order valence-electron chi connectivity index (χ3n) is 5.93. The molecule has 0 atom stereocenters. The number of benzene rings is 1. The minimum atomic E-state index is 0.535. The van der Waals surface area contributed by atoms with Crippen LogP contribution < -0.4 is 4.90 Å². The van der Waals surface area contributed by atoms with Gasteiger partial charge in [-0.3, -0.25) is 0 Å². The van der Waals surface area contributed by atoms with E-state index in [1.807, 2.05) is 17.7 Å². The van der Waals surface area contributed by atoms with Gasteiger partial charge in [0, 0.05) is 43.5 Å². The van der Waals surface area contributed by atoms with E-state index in [4.69, 9.17) is 11.6 Å². The highest BCUT2D eigenvalue weighted by atomic mass is 32.2. The second-order valence-electron chi connectivity index (χ2n) is 8.09. The fraction of sp³-hybridized carbons (Fsp3) is 0.360. The summed E-state index contributed by atoms with van der Waals surface area (Å²) >= 11 is 1.57. The van der Waals surface area contributed by atoms with E-state index in [9.17, 15) is 5.26 Å². The molecule has 7 nitrogen and oxygen atoms in total. The van der Waals surface area contributed by atoms with Gasteiger partial charge in [0.15, 0.2) is 0 Å². The van der Waals surface area contributed by atoms with E-state index in [1.54, 1.807) is 24.3 Å². The normalized spacial score (nSPS) is 14.5. The van der Waals surface area contributed by atoms with Crippen molar-refractivity contribution in [2.45, 2.75) is 30.5 Å². The Kier molecular flexibility index (Phi) is 7.29. The first-order chi connectivity index (χ1) is 16.1. The summed E-state index contributed by atoms with van der Waals surface area (Å²) < 4.78 is 1.97. The molecule has 1 saturated heterocycles. The Balaban J connectivity index is 1.63. The maximum Gasteiger partial charge on any atom is 0.232 e. The zero-order chi connectivity index (χ0) is 23.2. The fourth-order valence-electron chi connectivity index (χ4n) is 4.08. The number of hydrogen-bond acceptors (Lipinski definition) is 6. The molecule has 0 amide bonds. The summed E-state index contributed by atoms with van der Waals surface area (Å²) in [5.74, 6) is 1.43. The minimum Gasteiger partial charge on any atom is -0.364 e. The molecule has 1 aliphatic heterocycles. The first-order valence-corrected chi connectivity index (χ1v) is 12.1. The summed E-state index contributed by atoms with van der Waals surface area (Å²) in [4.78, 5) is 17.4. The van der Waals surface area contributed by atoms with E-state index < -0.39 is 0 Å². The Morgan fingerprint density at radius 3 is 2.67 bits per heavy atom. The van der Waals surface area contributed by atoms with Crippen LogP contribution in [0.3, 0.4) is 0 Å². The topological polar surface area (TPSA) is 65.3 Å². The highest BCUT2D eigenvalue weighted by Gasteiger charge is 2.24. The molecule has 0 radical (unpaired) electrons. The first-order valence-electron chi connectivity index (χ1n) is 11.1. The number of anilines is 1. The molecule has 3 aromatic rings. The number of rotatable bonds is 6. The van der Waals surface area contributed by atoms with Crippen molar-refractivity contribution in [1.82, 2.24) is 19.4 Å². The van der Waals surface area contributed by atoms with Crippen LogP contribution in [0.15, 0.2) is 48.0 Å². The molecule has 8 heteroatoms. The van der Waals surface area contributed by atoms with E-state index >= 15 is 0 Å². The lowest BCUT2D eigenvalue weighted by Crippen LogP contribution is -2.29. The molecule has 1 fully saturated rings. The van der Waals surface area contributed by atoms with Crippen LogP contribution in [0.5, 0.6) is 0 Å². The number of aromatic nitrogens is 3. The summed E-state index contributed by atoms with van der Waals surface area (Å²) in [6.45, 7) is 13.5. The van der Waals surface area contributed by atoms with Crippen LogP contribution in [0.1, 0.15) is 30.0 Å². The molecular weight excluding hydrogens is 430 g/mol. The zero-order valence-electron chi connectivity index (χ0n) is 19.0. The predicted octanol–water partition coefficient (Wildman–Crippen LogP) is 4.69. The highest BCUT2D eigenvalue weighted by molar-refractivity contribution is 7.98. The zero-order valence-corrected chi connectivity index (χ0v) is 19.8. The molecule has 0 N–H and O–H groups in total. The molecule has 33 heavy (non-hydrogen) atoms. The SMILES string of the molecule is [C-]#[N+]c1c(N2CCCN(C)CC2)nc(SCc2ccc(-n3ccnc3)cc2)c(C#N)c1CC. The molecule has 0 aliphatic carbocycles. The molecule has 1 aliphatic rings. The molecule has 0 unspecified atom stereocenters. The molecule has 3 heterocycles. The van der Waals surface area contributed by atoms with Gasteiger partial charge in [-0.1, -0.05) is 19.1 Å². The molecule has 0 bridgehead atoms. The summed E-state index contributed by atoms with van der Waals surface area (Å²) in [5.41, 5.74) is 4.10. The Hall–Kier alpha value is -3.33. The number of imidazole rings is 1. The van der Waals surface area contributed by atoms with Crippen LogP contribution in [0.25, 0.3) is 10.5 Å². The number of thioether (sulfide) groups is 1. The maximum absolute atomic E-state index is 9.94. The lowest BCUT2D eigenvalue weighted by Gasteiger charge is -2.25. The fourth-order valence-corrected chi connectivity index (χ4v) is 5.04. The minimum absolute atomic E-state index is 0.535. The van der Waals surface area contributed by atoms with Crippen molar-refractivity contribution in [2.75, 3.05) is 38.1 Å². The molecular formula is C25H27N7S. The lowest BCUT2D eigenvalue weighted by molar-refractivity contribution is 0.360. The van der Waals surface area contributed by atoms with E-state index in [0.717, 1.165) is 55.2 Å². The first kappa shape index (κ1) is 22.8. The van der Waals surface area contributed by atoms with Crippen LogP contribution in [-0.2, 0) is 12.2 Å². The van der Waals surface area contributed by atoms with Gasteiger partial charge in [-0.25, -0.2) is 14.8 Å². The van der Waals surface area contributed by atoms with Crippen molar-refractivity contribution in [3.05, 3.63) is 71.1 Å². The van der Waals surface area contributed by atoms with Crippen LogP contribution in [0.4, 0.5) is 11.5 Å². The molecule has 0 spiro atoms. The average Bonchev–Trinajstić information content (AvgIpc) is 3.30. The van der Waals surface area contributed by atoms with Gasteiger partial charge in [0.25, 0.3) is 0 Å². The van der Waals surface area contributed by atoms with Gasteiger partial charge in [0.05, 0.1) is 18.5 Å². The van der Waals surface area contributed by atoms with Gasteiger partial charge < -0.3 is 14.4 Å². The van der Waals surface area contributed by atoms with Gasteiger partial charge in [-0.15, -0.1) is 11.8 Å². The van der Waals surface area contributed by atoms with Gasteiger partial charge >= 0.3 is 0 Å². The lowest BCUT2D eigenvalue weighted by atomic mass is 10.1. The highest BCUT2D eigenvalue weighted by Crippen LogP contribution is 2.39. The summed E-state index contributed by atoms with van der Waals surface area (Å²) in [5, 5.41) is 10.7. The van der Waals surface area contributed by atoms with E-state index in [1.165, 1.54) is 0 Å². The smallest absolute Gasteiger partial charge is 0.232 e. The van der Waals surface area contributed by atoms with Crippen molar-refractivity contribution in [3.63, 3.8) is 0 Å². The second kappa shape index (κ2) is 10.5. The average molecular weight is 458 g/mol. The monoisotopic (exact) mass is 457 g/mol. The number of hydrogen-bond donors (Lipinski definition) is 0. The second-order valence-corrected chi connectivity index (χ2v) is 9.05. The van der Waals surface area contributed by atoms with Crippen LogP contribution >= 0.6 is 11.8 Å². The van der Waals surface area contributed by atoms with Gasteiger partial charge in [0.1, 0.15) is 16.9 Å². The van der Waals surface area contributed by atoms with Crippen molar-refractivity contribution >= 4 is 23.3 Å². The number of nitrogens with zero attached hydrogens (tertiary/aromatic N) is 7.